The lowest BCUT2D eigenvalue weighted by Gasteiger charge is -2.27. The van der Waals surface area contributed by atoms with E-state index in [2.05, 4.69) is 21.8 Å². The Bertz CT molecular complexity index is 440. The summed E-state index contributed by atoms with van der Waals surface area (Å²) in [6.45, 7) is 6.23. The van der Waals surface area contributed by atoms with Crippen molar-refractivity contribution in [2.24, 2.45) is 0 Å². The molecule has 0 bridgehead atoms. The van der Waals surface area contributed by atoms with Crippen molar-refractivity contribution in [3.05, 3.63) is 18.5 Å². The fourth-order valence-corrected chi connectivity index (χ4v) is 3.14. The third kappa shape index (κ3) is 3.83. The van der Waals surface area contributed by atoms with E-state index in [1.807, 2.05) is 11.8 Å². The van der Waals surface area contributed by atoms with Crippen LogP contribution < -0.4 is 0 Å². The first-order valence-corrected chi connectivity index (χ1v) is 7.61. The number of carbonyl (C=O) groups excluding carboxylic acids is 1. The molecule has 1 aliphatic rings. The molecule has 0 aromatic carbocycles. The summed E-state index contributed by atoms with van der Waals surface area (Å²) in [6.07, 6.45) is 6.48. The molecule has 1 fully saturated rings. The summed E-state index contributed by atoms with van der Waals surface area (Å²) >= 11 is 1.38. The maximum absolute atomic E-state index is 12.3. The third-order valence-corrected chi connectivity index (χ3v) is 4.15. The fourth-order valence-electron chi connectivity index (χ4n) is 2.41. The highest BCUT2D eigenvalue weighted by atomic mass is 32.2. The standard InChI is InChI=1S/C13H20N4OS/c1-3-8-17(11-6-4-5-7-11)12(18)9-19-13-14-10(2)15-16-13/h3,11H,1,4-9H2,2H3,(H,14,15,16). The Morgan fingerprint density at radius 2 is 2.32 bits per heavy atom. The van der Waals surface area contributed by atoms with Gasteiger partial charge in [0.05, 0.1) is 5.75 Å². The lowest BCUT2D eigenvalue weighted by Crippen LogP contribution is -2.40. The van der Waals surface area contributed by atoms with Crippen LogP contribution in [0.2, 0.25) is 0 Å². The van der Waals surface area contributed by atoms with E-state index in [0.717, 1.165) is 18.7 Å². The van der Waals surface area contributed by atoms with Crippen LogP contribution in [0.25, 0.3) is 0 Å². The third-order valence-electron chi connectivity index (χ3n) is 3.31. The molecule has 2 rings (SSSR count). The van der Waals surface area contributed by atoms with Gasteiger partial charge in [-0.3, -0.25) is 9.89 Å². The molecule has 0 aliphatic heterocycles. The zero-order valence-corrected chi connectivity index (χ0v) is 12.1. The Balaban J connectivity index is 1.89. The van der Waals surface area contributed by atoms with Crippen LogP contribution in [-0.4, -0.2) is 44.3 Å². The number of carbonyl (C=O) groups is 1. The van der Waals surface area contributed by atoms with Crippen molar-refractivity contribution in [1.29, 1.82) is 0 Å². The number of rotatable bonds is 6. The molecule has 6 heteroatoms. The van der Waals surface area contributed by atoms with Crippen molar-refractivity contribution >= 4 is 17.7 Å². The zero-order valence-electron chi connectivity index (χ0n) is 11.3. The molecular weight excluding hydrogens is 260 g/mol. The monoisotopic (exact) mass is 280 g/mol. The van der Waals surface area contributed by atoms with Crippen LogP contribution in [-0.2, 0) is 4.79 Å². The highest BCUT2D eigenvalue weighted by molar-refractivity contribution is 7.99. The second-order valence-electron chi connectivity index (χ2n) is 4.77. The smallest absolute Gasteiger partial charge is 0.233 e. The molecule has 0 unspecified atom stereocenters. The van der Waals surface area contributed by atoms with Gasteiger partial charge in [0.2, 0.25) is 11.1 Å². The normalized spacial score (nSPS) is 15.6. The van der Waals surface area contributed by atoms with E-state index in [0.29, 0.717) is 23.5 Å². The van der Waals surface area contributed by atoms with Gasteiger partial charge in [-0.2, -0.15) is 0 Å². The summed E-state index contributed by atoms with van der Waals surface area (Å²) in [7, 11) is 0. The lowest BCUT2D eigenvalue weighted by molar-refractivity contribution is -0.129. The SMILES string of the molecule is C=CCN(C(=O)CSc1n[nH]c(C)n1)C1CCCC1. The number of aryl methyl sites for hydroxylation is 1. The van der Waals surface area contributed by atoms with E-state index in [9.17, 15) is 4.79 Å². The topological polar surface area (TPSA) is 61.9 Å². The highest BCUT2D eigenvalue weighted by Crippen LogP contribution is 2.24. The van der Waals surface area contributed by atoms with E-state index < -0.39 is 0 Å². The first-order valence-electron chi connectivity index (χ1n) is 6.63. The van der Waals surface area contributed by atoms with Gasteiger partial charge < -0.3 is 4.90 Å². The number of aromatic nitrogens is 3. The Morgan fingerprint density at radius 3 is 2.89 bits per heavy atom. The van der Waals surface area contributed by atoms with Crippen LogP contribution in [0.1, 0.15) is 31.5 Å². The number of nitrogens with one attached hydrogen (secondary N) is 1. The van der Waals surface area contributed by atoms with Crippen LogP contribution in [0, 0.1) is 6.92 Å². The fraction of sp³-hybridized carbons (Fsp3) is 0.615. The predicted molar refractivity (Wildman–Crippen MR) is 76.0 cm³/mol. The largest absolute Gasteiger partial charge is 0.335 e. The van der Waals surface area contributed by atoms with E-state index in [-0.39, 0.29) is 5.91 Å². The summed E-state index contributed by atoms with van der Waals surface area (Å²) in [5, 5.41) is 7.44. The second kappa shape index (κ2) is 6.75. The van der Waals surface area contributed by atoms with Crippen LogP contribution in [0.5, 0.6) is 0 Å². The van der Waals surface area contributed by atoms with Crippen LogP contribution in [0.4, 0.5) is 0 Å². The molecule has 5 nitrogen and oxygen atoms in total. The molecule has 1 N–H and O–H groups in total. The minimum atomic E-state index is 0.152. The van der Waals surface area contributed by atoms with E-state index in [1.54, 1.807) is 6.08 Å². The van der Waals surface area contributed by atoms with Crippen molar-refractivity contribution in [2.75, 3.05) is 12.3 Å². The molecule has 1 amide bonds. The molecule has 1 saturated carbocycles. The summed E-state index contributed by atoms with van der Waals surface area (Å²) in [4.78, 5) is 18.4. The Kier molecular flexibility index (Phi) is 5.01. The summed E-state index contributed by atoms with van der Waals surface area (Å²) in [5.74, 6) is 1.31. The number of hydrogen-bond acceptors (Lipinski definition) is 4. The van der Waals surface area contributed by atoms with Gasteiger partial charge in [0.1, 0.15) is 5.82 Å². The second-order valence-corrected chi connectivity index (χ2v) is 5.71. The first kappa shape index (κ1) is 14.1. The van der Waals surface area contributed by atoms with Gasteiger partial charge in [-0.05, 0) is 19.8 Å². The van der Waals surface area contributed by atoms with Gasteiger partial charge in [0.25, 0.3) is 0 Å². The maximum Gasteiger partial charge on any atom is 0.233 e. The van der Waals surface area contributed by atoms with Gasteiger partial charge in [0, 0.05) is 12.6 Å². The van der Waals surface area contributed by atoms with Gasteiger partial charge in [-0.15, -0.1) is 11.7 Å². The summed E-state index contributed by atoms with van der Waals surface area (Å²) in [6, 6.07) is 0.389. The lowest BCUT2D eigenvalue weighted by atomic mass is 10.2. The predicted octanol–water partition coefficient (Wildman–Crippen LogP) is 2.16. The molecule has 1 aliphatic carbocycles. The number of amides is 1. The molecule has 104 valence electrons. The Morgan fingerprint density at radius 1 is 1.58 bits per heavy atom. The number of aromatic amines is 1. The number of H-pyrrole nitrogens is 1. The van der Waals surface area contributed by atoms with Gasteiger partial charge >= 0.3 is 0 Å². The van der Waals surface area contributed by atoms with Gasteiger partial charge in [0.15, 0.2) is 0 Å². The molecule has 0 spiro atoms. The molecule has 0 atom stereocenters. The van der Waals surface area contributed by atoms with Crippen LogP contribution in [0.15, 0.2) is 17.8 Å². The van der Waals surface area contributed by atoms with Crippen molar-refractivity contribution in [3.63, 3.8) is 0 Å². The first-order chi connectivity index (χ1) is 9.20. The van der Waals surface area contributed by atoms with Crippen molar-refractivity contribution in [3.8, 4) is 0 Å². The molecule has 1 heterocycles. The van der Waals surface area contributed by atoms with Crippen molar-refractivity contribution in [2.45, 2.75) is 43.8 Å². The van der Waals surface area contributed by atoms with E-state index >= 15 is 0 Å². The molecule has 0 saturated heterocycles. The molecule has 19 heavy (non-hydrogen) atoms. The number of thioether (sulfide) groups is 1. The minimum Gasteiger partial charge on any atom is -0.335 e. The molecular formula is C13H20N4OS. The average molecular weight is 280 g/mol. The highest BCUT2D eigenvalue weighted by Gasteiger charge is 2.25. The summed E-state index contributed by atoms with van der Waals surface area (Å²) < 4.78 is 0. The number of hydrogen-bond donors (Lipinski definition) is 1. The van der Waals surface area contributed by atoms with Crippen LogP contribution in [0.3, 0.4) is 0 Å². The van der Waals surface area contributed by atoms with E-state index in [4.69, 9.17) is 0 Å². The Hall–Kier alpha value is -1.30. The molecule has 1 aromatic heterocycles. The van der Waals surface area contributed by atoms with Crippen molar-refractivity contribution < 1.29 is 4.79 Å². The van der Waals surface area contributed by atoms with Gasteiger partial charge in [-0.25, -0.2) is 4.98 Å². The summed E-state index contributed by atoms with van der Waals surface area (Å²) in [5.41, 5.74) is 0. The minimum absolute atomic E-state index is 0.152. The quantitative estimate of drug-likeness (QED) is 0.641. The van der Waals surface area contributed by atoms with E-state index in [1.165, 1.54) is 24.6 Å². The Labute approximate surface area is 117 Å². The zero-order chi connectivity index (χ0) is 13.7. The van der Waals surface area contributed by atoms with Crippen molar-refractivity contribution in [1.82, 2.24) is 20.1 Å². The maximum atomic E-state index is 12.3. The molecule has 1 aromatic rings. The van der Waals surface area contributed by atoms with Crippen LogP contribution >= 0.6 is 11.8 Å². The van der Waals surface area contributed by atoms with Gasteiger partial charge in [-0.1, -0.05) is 30.7 Å². The number of nitrogens with zero attached hydrogens (tertiary/aromatic N) is 3. The molecule has 0 radical (unpaired) electrons. The average Bonchev–Trinajstić information content (AvgIpc) is 3.04.